The zero-order valence-corrected chi connectivity index (χ0v) is 19.0. The van der Waals surface area contributed by atoms with Crippen LogP contribution < -0.4 is 15.4 Å². The Balaban J connectivity index is 0.00000364. The van der Waals surface area contributed by atoms with E-state index in [0.717, 1.165) is 23.1 Å². The zero-order chi connectivity index (χ0) is 18.9. The number of ether oxygens (including phenoxy) is 1. The standard InChI is InChI=1S/C19H29N5O2.HI/c1-6-25-16-11-14(4)7-8-15(16)12-22-19(20-5)21-10-9-17-23-18(13(2)3)24-26-17;/h7-8,11,13H,6,9-10,12H2,1-5H3,(H2,20,21,22);1H. The second kappa shape index (κ2) is 11.8. The van der Waals surface area contributed by atoms with Crippen molar-refractivity contribution in [3.8, 4) is 5.75 Å². The maximum absolute atomic E-state index is 5.72. The molecule has 1 aromatic carbocycles. The molecule has 0 saturated carbocycles. The van der Waals surface area contributed by atoms with Gasteiger partial charge in [0.2, 0.25) is 5.89 Å². The van der Waals surface area contributed by atoms with Gasteiger partial charge < -0.3 is 19.9 Å². The summed E-state index contributed by atoms with van der Waals surface area (Å²) >= 11 is 0. The highest BCUT2D eigenvalue weighted by Gasteiger charge is 2.10. The minimum atomic E-state index is 0. The van der Waals surface area contributed by atoms with E-state index in [1.54, 1.807) is 7.05 Å². The number of halogens is 1. The summed E-state index contributed by atoms with van der Waals surface area (Å²) in [6.07, 6.45) is 0.648. The third kappa shape index (κ3) is 7.36. The first-order valence-corrected chi connectivity index (χ1v) is 9.02. The van der Waals surface area contributed by atoms with E-state index in [9.17, 15) is 0 Å². The Morgan fingerprint density at radius 1 is 1.30 bits per heavy atom. The van der Waals surface area contributed by atoms with Crippen LogP contribution in [0.25, 0.3) is 0 Å². The molecule has 0 radical (unpaired) electrons. The van der Waals surface area contributed by atoms with Crippen molar-refractivity contribution >= 4 is 29.9 Å². The van der Waals surface area contributed by atoms with Crippen molar-refractivity contribution in [2.24, 2.45) is 4.99 Å². The number of rotatable bonds is 8. The van der Waals surface area contributed by atoms with Gasteiger partial charge in [-0.2, -0.15) is 4.98 Å². The van der Waals surface area contributed by atoms with E-state index in [2.05, 4.69) is 50.9 Å². The monoisotopic (exact) mass is 487 g/mol. The molecule has 0 aliphatic heterocycles. The molecule has 1 aromatic heterocycles. The molecule has 0 atom stereocenters. The van der Waals surface area contributed by atoms with Crippen molar-refractivity contribution in [1.82, 2.24) is 20.8 Å². The summed E-state index contributed by atoms with van der Waals surface area (Å²) in [7, 11) is 1.75. The lowest BCUT2D eigenvalue weighted by Gasteiger charge is -2.14. The highest BCUT2D eigenvalue weighted by molar-refractivity contribution is 14.0. The third-order valence-corrected chi connectivity index (χ3v) is 3.82. The molecule has 0 bridgehead atoms. The van der Waals surface area contributed by atoms with Gasteiger partial charge in [0.25, 0.3) is 0 Å². The van der Waals surface area contributed by atoms with E-state index in [4.69, 9.17) is 9.26 Å². The van der Waals surface area contributed by atoms with Gasteiger partial charge in [-0.1, -0.05) is 31.1 Å². The second-order valence-corrected chi connectivity index (χ2v) is 6.35. The maximum atomic E-state index is 5.72. The number of aromatic nitrogens is 2. The van der Waals surface area contributed by atoms with Crippen LogP contribution in [0, 0.1) is 6.92 Å². The number of nitrogens with one attached hydrogen (secondary N) is 2. The van der Waals surface area contributed by atoms with Crippen LogP contribution in [0.15, 0.2) is 27.7 Å². The van der Waals surface area contributed by atoms with Gasteiger partial charge in [0, 0.05) is 38.0 Å². The third-order valence-electron chi connectivity index (χ3n) is 3.82. The summed E-state index contributed by atoms with van der Waals surface area (Å²) in [5.74, 6) is 3.27. The quantitative estimate of drug-likeness (QED) is 0.337. The van der Waals surface area contributed by atoms with E-state index >= 15 is 0 Å². The summed E-state index contributed by atoms with van der Waals surface area (Å²) in [5.41, 5.74) is 2.28. The molecule has 0 aliphatic carbocycles. The molecule has 150 valence electrons. The Morgan fingerprint density at radius 2 is 2.07 bits per heavy atom. The van der Waals surface area contributed by atoms with Gasteiger partial charge in [0.05, 0.1) is 6.61 Å². The number of aryl methyl sites for hydroxylation is 1. The highest BCUT2D eigenvalue weighted by Crippen LogP contribution is 2.20. The van der Waals surface area contributed by atoms with Gasteiger partial charge in [-0.3, -0.25) is 4.99 Å². The van der Waals surface area contributed by atoms with Gasteiger partial charge in [0.15, 0.2) is 11.8 Å². The van der Waals surface area contributed by atoms with Crippen LogP contribution in [0.2, 0.25) is 0 Å². The van der Waals surface area contributed by atoms with Gasteiger partial charge in [0.1, 0.15) is 5.75 Å². The number of aliphatic imine (C=N–C) groups is 1. The molecule has 2 N–H and O–H groups in total. The lowest BCUT2D eigenvalue weighted by Crippen LogP contribution is -2.38. The van der Waals surface area contributed by atoms with Crippen molar-refractivity contribution in [1.29, 1.82) is 0 Å². The van der Waals surface area contributed by atoms with E-state index in [1.165, 1.54) is 5.56 Å². The number of benzene rings is 1. The number of hydrogen-bond donors (Lipinski definition) is 2. The topological polar surface area (TPSA) is 84.6 Å². The van der Waals surface area contributed by atoms with E-state index < -0.39 is 0 Å². The molecule has 0 unspecified atom stereocenters. The van der Waals surface area contributed by atoms with Crippen molar-refractivity contribution in [2.75, 3.05) is 20.2 Å². The lowest BCUT2D eigenvalue weighted by molar-refractivity contribution is 0.336. The average Bonchev–Trinajstić information content (AvgIpc) is 3.09. The SMILES string of the molecule is CCOc1cc(C)ccc1CNC(=NC)NCCc1nc(C(C)C)no1.I. The molecule has 2 aromatic rings. The molecule has 0 spiro atoms. The smallest absolute Gasteiger partial charge is 0.228 e. The predicted octanol–water partition coefficient (Wildman–Crippen LogP) is 3.43. The maximum Gasteiger partial charge on any atom is 0.228 e. The van der Waals surface area contributed by atoms with Gasteiger partial charge in [-0.15, -0.1) is 24.0 Å². The average molecular weight is 487 g/mol. The van der Waals surface area contributed by atoms with Crippen molar-refractivity contribution in [3.63, 3.8) is 0 Å². The first kappa shape index (κ1) is 23.2. The fourth-order valence-corrected chi connectivity index (χ4v) is 2.39. The normalized spacial score (nSPS) is 11.3. The molecule has 8 heteroatoms. The van der Waals surface area contributed by atoms with Crippen molar-refractivity contribution < 1.29 is 9.26 Å². The van der Waals surface area contributed by atoms with Crippen LogP contribution in [0.5, 0.6) is 5.75 Å². The van der Waals surface area contributed by atoms with Gasteiger partial charge >= 0.3 is 0 Å². The molecular formula is C19H30IN5O2. The largest absolute Gasteiger partial charge is 0.494 e. The highest BCUT2D eigenvalue weighted by atomic mass is 127. The molecule has 7 nitrogen and oxygen atoms in total. The molecule has 0 amide bonds. The molecule has 1 heterocycles. The Kier molecular flexibility index (Phi) is 10.1. The van der Waals surface area contributed by atoms with E-state index in [1.807, 2.05) is 20.8 Å². The fraction of sp³-hybridized carbons (Fsp3) is 0.526. The first-order chi connectivity index (χ1) is 12.5. The second-order valence-electron chi connectivity index (χ2n) is 6.35. The van der Waals surface area contributed by atoms with Crippen LogP contribution in [-0.4, -0.2) is 36.3 Å². The van der Waals surface area contributed by atoms with Gasteiger partial charge in [-0.05, 0) is 25.5 Å². The van der Waals surface area contributed by atoms with E-state index in [-0.39, 0.29) is 29.9 Å². The van der Waals surface area contributed by atoms with Crippen LogP contribution in [0.1, 0.15) is 49.5 Å². The summed E-state index contributed by atoms with van der Waals surface area (Å²) < 4.78 is 11.0. The molecule has 2 rings (SSSR count). The summed E-state index contributed by atoms with van der Waals surface area (Å²) in [5, 5.41) is 10.5. The van der Waals surface area contributed by atoms with E-state index in [0.29, 0.717) is 32.0 Å². The zero-order valence-electron chi connectivity index (χ0n) is 16.7. The van der Waals surface area contributed by atoms with Gasteiger partial charge in [-0.25, -0.2) is 0 Å². The van der Waals surface area contributed by atoms with Crippen LogP contribution in [0.4, 0.5) is 0 Å². The van der Waals surface area contributed by atoms with Crippen molar-refractivity contribution in [2.45, 2.75) is 46.6 Å². The van der Waals surface area contributed by atoms with Crippen LogP contribution in [0.3, 0.4) is 0 Å². The minimum absolute atomic E-state index is 0. The Bertz CT molecular complexity index is 731. The first-order valence-electron chi connectivity index (χ1n) is 9.02. The minimum Gasteiger partial charge on any atom is -0.494 e. The molecule has 0 saturated heterocycles. The molecule has 0 aliphatic rings. The Morgan fingerprint density at radius 3 is 2.70 bits per heavy atom. The fourth-order valence-electron chi connectivity index (χ4n) is 2.39. The summed E-state index contributed by atoms with van der Waals surface area (Å²) in [6.45, 7) is 10.1. The summed E-state index contributed by atoms with van der Waals surface area (Å²) in [4.78, 5) is 8.62. The van der Waals surface area contributed by atoms with Crippen LogP contribution in [-0.2, 0) is 13.0 Å². The molecular weight excluding hydrogens is 457 g/mol. The number of guanidine groups is 1. The lowest BCUT2D eigenvalue weighted by atomic mass is 10.1. The Labute approximate surface area is 178 Å². The Hall–Kier alpha value is -1.84. The molecule has 0 fully saturated rings. The van der Waals surface area contributed by atoms with Crippen LogP contribution >= 0.6 is 24.0 Å². The molecule has 27 heavy (non-hydrogen) atoms. The number of hydrogen-bond acceptors (Lipinski definition) is 5. The summed E-state index contributed by atoms with van der Waals surface area (Å²) in [6, 6.07) is 6.21. The predicted molar refractivity (Wildman–Crippen MR) is 118 cm³/mol. The number of nitrogens with zero attached hydrogens (tertiary/aromatic N) is 3. The van der Waals surface area contributed by atoms with Crippen molar-refractivity contribution in [3.05, 3.63) is 41.0 Å².